The molecule has 2 amide bonds. The van der Waals surface area contributed by atoms with Crippen LogP contribution in [0.1, 0.15) is 63.6 Å². The number of rotatable bonds is 8. The lowest BCUT2D eigenvalue weighted by Crippen LogP contribution is -2.57. The second-order valence-electron chi connectivity index (χ2n) is 11.7. The van der Waals surface area contributed by atoms with Crippen molar-refractivity contribution in [3.05, 3.63) is 41.5 Å². The van der Waals surface area contributed by atoms with Crippen molar-refractivity contribution >= 4 is 18.0 Å². The number of benzene rings is 1. The lowest BCUT2D eigenvalue weighted by atomic mass is 9.92. The van der Waals surface area contributed by atoms with Crippen LogP contribution in [0.15, 0.2) is 24.3 Å². The quantitative estimate of drug-likeness (QED) is 0.317. The third-order valence-corrected chi connectivity index (χ3v) is 6.57. The number of piperidine rings is 1. The first-order valence-electron chi connectivity index (χ1n) is 13.6. The van der Waals surface area contributed by atoms with E-state index in [4.69, 9.17) is 9.47 Å². The van der Waals surface area contributed by atoms with Gasteiger partial charge in [-0.15, -0.1) is 5.10 Å². The Hall–Kier alpha value is -3.71. The molecule has 3 rings (SSSR count). The Bertz CT molecular complexity index is 1270. The van der Waals surface area contributed by atoms with Crippen LogP contribution in [0.4, 0.5) is 22.4 Å². The average molecular weight is 600 g/mol. The normalized spacial score (nSPS) is 17.7. The van der Waals surface area contributed by atoms with Crippen LogP contribution in [0.3, 0.4) is 0 Å². The van der Waals surface area contributed by atoms with Crippen molar-refractivity contribution in [3.63, 3.8) is 0 Å². The number of aromatic nitrogens is 3. The van der Waals surface area contributed by atoms with Crippen LogP contribution in [-0.4, -0.2) is 87.3 Å². The molecule has 10 nitrogen and oxygen atoms in total. The summed E-state index contributed by atoms with van der Waals surface area (Å²) in [6, 6.07) is 4.61. The van der Waals surface area contributed by atoms with E-state index in [1.165, 1.54) is 35.1 Å². The number of hydrogen-bond acceptors (Lipinski definition) is 7. The predicted octanol–water partition coefficient (Wildman–Crippen LogP) is 4.80. The van der Waals surface area contributed by atoms with E-state index >= 15 is 0 Å². The van der Waals surface area contributed by atoms with Gasteiger partial charge in [-0.1, -0.05) is 31.2 Å². The van der Waals surface area contributed by atoms with Gasteiger partial charge < -0.3 is 19.3 Å². The Morgan fingerprint density at radius 2 is 1.79 bits per heavy atom. The van der Waals surface area contributed by atoms with Gasteiger partial charge in [0.25, 0.3) is 5.91 Å². The summed E-state index contributed by atoms with van der Waals surface area (Å²) in [5, 5.41) is 7.79. The van der Waals surface area contributed by atoms with E-state index in [1.807, 2.05) is 13.8 Å². The lowest BCUT2D eigenvalue weighted by molar-refractivity contribution is -0.148. The van der Waals surface area contributed by atoms with Crippen LogP contribution in [0.5, 0.6) is 0 Å². The smallest absolute Gasteiger partial charge is 0.410 e. The molecule has 2 aromatic rings. The second-order valence-corrected chi connectivity index (χ2v) is 11.7. The molecule has 0 aliphatic carbocycles. The maximum absolute atomic E-state index is 14.7. The van der Waals surface area contributed by atoms with Gasteiger partial charge in [-0.2, -0.15) is 13.2 Å². The molecule has 1 aliphatic rings. The number of para-hydroxylation sites is 1. The number of ether oxygens (including phenoxy) is 2. The number of hydrogen-bond donors (Lipinski definition) is 0. The highest BCUT2D eigenvalue weighted by Crippen LogP contribution is 2.29. The zero-order valence-electron chi connectivity index (χ0n) is 24.6. The number of alkyl halides is 3. The molecule has 0 unspecified atom stereocenters. The molecule has 232 valence electrons. The van der Waals surface area contributed by atoms with E-state index in [1.54, 1.807) is 20.8 Å². The van der Waals surface area contributed by atoms with Gasteiger partial charge in [0.05, 0.1) is 24.8 Å². The Balaban J connectivity index is 2.06. The number of carbonyl (C=O) groups is 3. The monoisotopic (exact) mass is 599 g/mol. The van der Waals surface area contributed by atoms with Crippen molar-refractivity contribution in [2.45, 2.75) is 71.7 Å². The fraction of sp³-hybridized carbons (Fsp3) is 0.607. The van der Waals surface area contributed by atoms with Crippen LogP contribution in [0.25, 0.3) is 5.69 Å². The number of methoxy groups -OCH3 is 1. The molecule has 0 saturated carbocycles. The minimum absolute atomic E-state index is 0.000201. The van der Waals surface area contributed by atoms with E-state index < -0.39 is 60.4 Å². The first-order valence-corrected chi connectivity index (χ1v) is 13.6. The van der Waals surface area contributed by atoms with Gasteiger partial charge in [0.1, 0.15) is 17.1 Å². The van der Waals surface area contributed by atoms with E-state index in [2.05, 4.69) is 10.3 Å². The minimum atomic E-state index is -4.56. The fourth-order valence-electron chi connectivity index (χ4n) is 4.81. The zero-order chi connectivity index (χ0) is 31.4. The molecule has 0 bridgehead atoms. The van der Waals surface area contributed by atoms with Crippen molar-refractivity contribution in [2.75, 3.05) is 26.7 Å². The summed E-state index contributed by atoms with van der Waals surface area (Å²) < 4.78 is 65.9. The van der Waals surface area contributed by atoms with E-state index in [0.29, 0.717) is 0 Å². The molecular weight excluding hydrogens is 562 g/mol. The third kappa shape index (κ3) is 8.41. The third-order valence-electron chi connectivity index (χ3n) is 6.57. The van der Waals surface area contributed by atoms with Gasteiger partial charge in [-0.3, -0.25) is 9.59 Å². The van der Waals surface area contributed by atoms with Gasteiger partial charge in [0.15, 0.2) is 5.69 Å². The summed E-state index contributed by atoms with van der Waals surface area (Å²) in [6.45, 7) is 8.90. The summed E-state index contributed by atoms with van der Waals surface area (Å²) in [5.74, 6) is -2.98. The zero-order valence-corrected chi connectivity index (χ0v) is 24.6. The van der Waals surface area contributed by atoms with Crippen molar-refractivity contribution in [2.24, 2.45) is 11.8 Å². The first-order chi connectivity index (χ1) is 19.5. The maximum atomic E-state index is 14.7. The summed E-state index contributed by atoms with van der Waals surface area (Å²) in [4.78, 5) is 42.4. The van der Waals surface area contributed by atoms with Crippen LogP contribution < -0.4 is 0 Å². The van der Waals surface area contributed by atoms with Crippen LogP contribution in [-0.2, 0) is 20.7 Å². The molecule has 1 fully saturated rings. The Morgan fingerprint density at radius 3 is 2.36 bits per heavy atom. The van der Waals surface area contributed by atoms with Gasteiger partial charge in [0, 0.05) is 32.5 Å². The molecule has 1 aromatic heterocycles. The number of nitrogens with zero attached hydrogens (tertiary/aromatic N) is 5. The van der Waals surface area contributed by atoms with Gasteiger partial charge in [-0.25, -0.2) is 13.9 Å². The number of carbonyl (C=O) groups excluding carboxylic acids is 3. The molecule has 1 aliphatic heterocycles. The van der Waals surface area contributed by atoms with E-state index in [-0.39, 0.29) is 49.0 Å². The van der Waals surface area contributed by atoms with Crippen molar-refractivity contribution < 1.29 is 41.4 Å². The topological polar surface area (TPSA) is 107 Å². The number of halogens is 4. The molecule has 1 saturated heterocycles. The molecule has 0 radical (unpaired) electrons. The maximum Gasteiger partial charge on any atom is 0.410 e. The van der Waals surface area contributed by atoms with Crippen molar-refractivity contribution in [1.82, 2.24) is 24.8 Å². The average Bonchev–Trinajstić information content (AvgIpc) is 3.32. The van der Waals surface area contributed by atoms with Crippen molar-refractivity contribution in [1.29, 1.82) is 0 Å². The summed E-state index contributed by atoms with van der Waals surface area (Å²) >= 11 is 0. The molecule has 0 spiro atoms. The fourth-order valence-corrected chi connectivity index (χ4v) is 4.81. The van der Waals surface area contributed by atoms with Crippen LogP contribution in [0.2, 0.25) is 0 Å². The van der Waals surface area contributed by atoms with Gasteiger partial charge in [-0.05, 0) is 45.2 Å². The highest BCUT2D eigenvalue weighted by Gasteiger charge is 2.41. The molecular formula is C28H37F4N5O5. The van der Waals surface area contributed by atoms with Crippen molar-refractivity contribution in [3.8, 4) is 5.69 Å². The molecule has 14 heteroatoms. The number of likely N-dealkylation sites (tertiary alicyclic amines) is 1. The van der Waals surface area contributed by atoms with Crippen LogP contribution >= 0.6 is 0 Å². The lowest BCUT2D eigenvalue weighted by Gasteiger charge is -2.42. The Kier molecular flexibility index (Phi) is 10.2. The molecule has 42 heavy (non-hydrogen) atoms. The van der Waals surface area contributed by atoms with Gasteiger partial charge >= 0.3 is 18.2 Å². The second kappa shape index (κ2) is 13.1. The van der Waals surface area contributed by atoms with Crippen LogP contribution in [0, 0.1) is 17.7 Å². The number of amides is 2. The van der Waals surface area contributed by atoms with E-state index in [9.17, 15) is 31.9 Å². The molecule has 2 atom stereocenters. The standard InChI is InChI=1S/C28H37F4N5O5/c1-17(2)14-36(19-13-18(25(39)41-6)15-35(16-19)26(40)42-27(3,4)5)24(38)23-22(11-12-28(30,31)32)37(34-33-23)21-10-8-7-9-20(21)29/h7-10,17-19H,11-16H2,1-6H3/t18-,19+/m1/s1. The SMILES string of the molecule is COC(=O)[C@@H]1C[C@H](N(CC(C)C)C(=O)c2nnn(-c3ccccc3F)c2CCC(F)(F)F)CN(C(=O)OC(C)(C)C)C1. The predicted molar refractivity (Wildman–Crippen MR) is 143 cm³/mol. The summed E-state index contributed by atoms with van der Waals surface area (Å²) in [5.41, 5.74) is -1.56. The highest BCUT2D eigenvalue weighted by molar-refractivity contribution is 5.94. The summed E-state index contributed by atoms with van der Waals surface area (Å²) in [6.07, 6.45) is -7.09. The van der Waals surface area contributed by atoms with Gasteiger partial charge in [0.2, 0.25) is 0 Å². The summed E-state index contributed by atoms with van der Waals surface area (Å²) in [7, 11) is 1.22. The molecule has 1 aromatic carbocycles. The minimum Gasteiger partial charge on any atom is -0.469 e. The Morgan fingerprint density at radius 1 is 1.12 bits per heavy atom. The van der Waals surface area contributed by atoms with E-state index in [0.717, 1.165) is 10.7 Å². The molecule has 0 N–H and O–H groups in total. The first kappa shape index (κ1) is 32.8. The highest BCUT2D eigenvalue weighted by atomic mass is 19.4. The Labute approximate surface area is 241 Å². The number of esters is 1. The largest absolute Gasteiger partial charge is 0.469 e. The molecule has 2 heterocycles.